The molecule has 0 bridgehead atoms. The van der Waals surface area contributed by atoms with Crippen LogP contribution in [-0.4, -0.2) is 34.6 Å². The minimum absolute atomic E-state index is 0.00882. The molecule has 8 nitrogen and oxygen atoms in total. The van der Waals surface area contributed by atoms with Crippen molar-refractivity contribution < 1.29 is 19.2 Å². The molecule has 1 spiro atoms. The van der Waals surface area contributed by atoms with Gasteiger partial charge in [-0.25, -0.2) is 0 Å². The molecule has 4 amide bonds. The van der Waals surface area contributed by atoms with Gasteiger partial charge in [-0.15, -0.1) is 0 Å². The summed E-state index contributed by atoms with van der Waals surface area (Å²) in [6, 6.07) is 9.91. The second kappa shape index (κ2) is 7.40. The van der Waals surface area contributed by atoms with Crippen molar-refractivity contribution in [2.45, 2.75) is 38.4 Å². The zero-order valence-electron chi connectivity index (χ0n) is 18.1. The number of likely N-dealkylation sites (tertiary alicyclic amines) is 1. The van der Waals surface area contributed by atoms with Gasteiger partial charge in [0.05, 0.1) is 18.4 Å². The smallest absolute Gasteiger partial charge is 0.250 e. The molecule has 2 aromatic rings. The highest BCUT2D eigenvalue weighted by molar-refractivity contribution is 6.31. The average molecular weight is 467 g/mol. The Labute approximate surface area is 195 Å². The summed E-state index contributed by atoms with van der Waals surface area (Å²) in [5.41, 5.74) is 7.75. The molecule has 3 aliphatic heterocycles. The molecule has 0 saturated carbocycles. The SMILES string of the molecule is Cc1ccc2c(c1C)NC(=O)[C@@]21N[C@@H](CC(N)=O)[C@H]2C(=O)N(Cc3ccccc3Cl)C(=O)[C@H]21. The second-order valence-electron chi connectivity index (χ2n) is 8.97. The molecule has 2 aromatic carbocycles. The molecule has 170 valence electrons. The predicted octanol–water partition coefficient (Wildman–Crippen LogP) is 1.75. The Morgan fingerprint density at radius 3 is 2.55 bits per heavy atom. The van der Waals surface area contributed by atoms with Crippen LogP contribution in [0.5, 0.6) is 0 Å². The van der Waals surface area contributed by atoms with Crippen molar-refractivity contribution in [1.29, 1.82) is 0 Å². The van der Waals surface area contributed by atoms with E-state index in [-0.39, 0.29) is 13.0 Å². The molecule has 0 aromatic heterocycles. The zero-order valence-corrected chi connectivity index (χ0v) is 18.9. The highest BCUT2D eigenvalue weighted by Crippen LogP contribution is 2.54. The van der Waals surface area contributed by atoms with Gasteiger partial charge in [0, 0.05) is 28.7 Å². The lowest BCUT2D eigenvalue weighted by molar-refractivity contribution is -0.143. The van der Waals surface area contributed by atoms with Crippen molar-refractivity contribution in [3.05, 3.63) is 63.7 Å². The van der Waals surface area contributed by atoms with Gasteiger partial charge in [-0.05, 0) is 36.6 Å². The molecular weight excluding hydrogens is 444 g/mol. The number of carbonyl (C=O) groups excluding carboxylic acids is 4. The zero-order chi connectivity index (χ0) is 23.7. The Hall–Kier alpha value is -3.23. The van der Waals surface area contributed by atoms with Crippen LogP contribution in [0.4, 0.5) is 5.69 Å². The molecule has 3 aliphatic rings. The summed E-state index contributed by atoms with van der Waals surface area (Å²) in [7, 11) is 0. The molecule has 9 heteroatoms. The van der Waals surface area contributed by atoms with E-state index in [0.29, 0.717) is 21.8 Å². The molecule has 33 heavy (non-hydrogen) atoms. The lowest BCUT2D eigenvalue weighted by Crippen LogP contribution is -2.53. The van der Waals surface area contributed by atoms with Crippen LogP contribution < -0.4 is 16.4 Å². The van der Waals surface area contributed by atoms with Crippen LogP contribution in [0.1, 0.15) is 28.7 Å². The molecule has 5 rings (SSSR count). The first kappa shape index (κ1) is 21.6. The number of nitrogens with two attached hydrogens (primary N) is 1. The average Bonchev–Trinajstić information content (AvgIpc) is 3.33. The number of amides is 4. The van der Waals surface area contributed by atoms with Crippen molar-refractivity contribution >= 4 is 40.9 Å². The van der Waals surface area contributed by atoms with E-state index in [0.717, 1.165) is 16.0 Å². The van der Waals surface area contributed by atoms with Crippen LogP contribution in [0, 0.1) is 25.7 Å². The monoisotopic (exact) mass is 466 g/mol. The fraction of sp³-hybridized carbons (Fsp3) is 0.333. The van der Waals surface area contributed by atoms with Gasteiger partial charge in [0.15, 0.2) is 0 Å². The lowest BCUT2D eigenvalue weighted by Gasteiger charge is -2.29. The van der Waals surface area contributed by atoms with E-state index >= 15 is 0 Å². The number of anilines is 1. The second-order valence-corrected chi connectivity index (χ2v) is 9.38. The van der Waals surface area contributed by atoms with Gasteiger partial charge in [0.25, 0.3) is 0 Å². The highest BCUT2D eigenvalue weighted by atomic mass is 35.5. The summed E-state index contributed by atoms with van der Waals surface area (Å²) in [5.74, 6) is -3.83. The Balaban J connectivity index is 1.63. The van der Waals surface area contributed by atoms with Crippen LogP contribution in [0.3, 0.4) is 0 Å². The Bertz CT molecular complexity index is 1240. The normalized spacial score (nSPS) is 27.8. The van der Waals surface area contributed by atoms with Crippen LogP contribution in [-0.2, 0) is 31.3 Å². The molecular formula is C24H23ClN4O4. The van der Waals surface area contributed by atoms with E-state index in [1.807, 2.05) is 19.9 Å². The number of fused-ring (bicyclic) bond motifs is 4. The van der Waals surface area contributed by atoms with Gasteiger partial charge in [-0.2, -0.15) is 0 Å². The van der Waals surface area contributed by atoms with E-state index in [9.17, 15) is 19.2 Å². The molecule has 2 saturated heterocycles. The maximum Gasteiger partial charge on any atom is 0.250 e. The van der Waals surface area contributed by atoms with Gasteiger partial charge in [-0.3, -0.25) is 29.4 Å². The number of hydrogen-bond donors (Lipinski definition) is 3. The number of carbonyl (C=O) groups is 4. The topological polar surface area (TPSA) is 122 Å². The fourth-order valence-corrected chi connectivity index (χ4v) is 5.72. The van der Waals surface area contributed by atoms with E-state index < -0.39 is 47.0 Å². The number of imide groups is 1. The van der Waals surface area contributed by atoms with Crippen molar-refractivity contribution in [1.82, 2.24) is 10.2 Å². The number of primary amides is 1. The standard InChI is InChI=1S/C24H23ClN4O4/c1-11-7-8-14-20(12(11)2)27-23(33)24(14)19-18(16(28-24)9-17(26)30)21(31)29(22(19)32)10-13-5-3-4-6-15(13)25/h3-8,16,18-19,28H,9-10H2,1-2H3,(H2,26,30)(H,27,33)/t16-,18+,19-,24+/m0/s1. The van der Waals surface area contributed by atoms with Crippen LogP contribution in [0.2, 0.25) is 5.02 Å². The molecule has 4 N–H and O–H groups in total. The largest absolute Gasteiger partial charge is 0.370 e. The van der Waals surface area contributed by atoms with Gasteiger partial charge >= 0.3 is 0 Å². The van der Waals surface area contributed by atoms with E-state index in [1.54, 1.807) is 30.3 Å². The molecule has 0 aliphatic carbocycles. The number of nitrogens with one attached hydrogen (secondary N) is 2. The summed E-state index contributed by atoms with van der Waals surface area (Å²) in [5, 5.41) is 6.55. The van der Waals surface area contributed by atoms with E-state index in [2.05, 4.69) is 10.6 Å². The van der Waals surface area contributed by atoms with E-state index in [1.165, 1.54) is 0 Å². The maximum absolute atomic E-state index is 13.7. The maximum atomic E-state index is 13.7. The highest BCUT2D eigenvalue weighted by Gasteiger charge is 2.70. The minimum atomic E-state index is -1.46. The first-order chi connectivity index (χ1) is 15.7. The summed E-state index contributed by atoms with van der Waals surface area (Å²) < 4.78 is 0. The fourth-order valence-electron chi connectivity index (χ4n) is 5.52. The van der Waals surface area contributed by atoms with Crippen LogP contribution in [0.25, 0.3) is 0 Å². The summed E-state index contributed by atoms with van der Waals surface area (Å²) in [6.45, 7) is 3.82. The van der Waals surface area contributed by atoms with Crippen molar-refractivity contribution in [3.8, 4) is 0 Å². The lowest BCUT2D eigenvalue weighted by atomic mass is 9.76. The minimum Gasteiger partial charge on any atom is -0.370 e. The first-order valence-electron chi connectivity index (χ1n) is 10.7. The quantitative estimate of drug-likeness (QED) is 0.593. The molecule has 0 unspecified atom stereocenters. The first-order valence-corrected chi connectivity index (χ1v) is 11.1. The molecule has 0 radical (unpaired) electrons. The third-order valence-corrected chi connectivity index (χ3v) is 7.59. The molecule has 4 atom stereocenters. The number of rotatable bonds is 4. The Morgan fingerprint density at radius 2 is 1.85 bits per heavy atom. The molecule has 3 heterocycles. The molecule has 2 fully saturated rings. The van der Waals surface area contributed by atoms with Gasteiger partial charge in [-0.1, -0.05) is 41.9 Å². The summed E-state index contributed by atoms with van der Waals surface area (Å²) in [6.07, 6.45) is -0.171. The number of hydrogen-bond acceptors (Lipinski definition) is 5. The van der Waals surface area contributed by atoms with Crippen molar-refractivity contribution in [3.63, 3.8) is 0 Å². The Kier molecular flexibility index (Phi) is 4.84. The summed E-state index contributed by atoms with van der Waals surface area (Å²) >= 11 is 6.27. The van der Waals surface area contributed by atoms with Crippen molar-refractivity contribution in [2.24, 2.45) is 17.6 Å². The Morgan fingerprint density at radius 1 is 1.12 bits per heavy atom. The number of halogens is 1. The third kappa shape index (κ3) is 2.94. The summed E-state index contributed by atoms with van der Waals surface area (Å²) in [4.78, 5) is 53.7. The van der Waals surface area contributed by atoms with Gasteiger partial charge in [0.1, 0.15) is 5.54 Å². The van der Waals surface area contributed by atoms with Crippen molar-refractivity contribution in [2.75, 3.05) is 5.32 Å². The number of aryl methyl sites for hydroxylation is 1. The number of benzene rings is 2. The van der Waals surface area contributed by atoms with Gasteiger partial charge in [0.2, 0.25) is 23.6 Å². The van der Waals surface area contributed by atoms with E-state index in [4.69, 9.17) is 17.3 Å². The number of nitrogens with zero attached hydrogens (tertiary/aromatic N) is 1. The van der Waals surface area contributed by atoms with Crippen LogP contribution in [0.15, 0.2) is 36.4 Å². The van der Waals surface area contributed by atoms with Gasteiger partial charge < -0.3 is 11.1 Å². The third-order valence-electron chi connectivity index (χ3n) is 7.22. The predicted molar refractivity (Wildman–Crippen MR) is 121 cm³/mol. The van der Waals surface area contributed by atoms with Crippen LogP contribution >= 0.6 is 11.6 Å².